The van der Waals surface area contributed by atoms with Gasteiger partial charge in [-0.05, 0) is 24.3 Å². The minimum Gasteiger partial charge on any atom is -0.506 e. The molecule has 0 aromatic heterocycles. The van der Waals surface area contributed by atoms with E-state index in [1.165, 1.54) is 0 Å². The highest BCUT2D eigenvalue weighted by atomic mass is 16.3. The monoisotopic (exact) mass is 298 g/mol. The second kappa shape index (κ2) is 6.05. The normalized spacial score (nSPS) is 14.3. The van der Waals surface area contributed by atoms with Crippen molar-refractivity contribution in [2.24, 2.45) is 0 Å². The van der Waals surface area contributed by atoms with Crippen molar-refractivity contribution >= 4 is 22.6 Å². The smallest absolute Gasteiger partial charge is 0.255 e. The molecule has 0 aliphatic carbocycles. The topological polar surface area (TPSA) is 69.6 Å². The summed E-state index contributed by atoms with van der Waals surface area (Å²) in [6, 6.07) is 10.7. The number of fused-ring (bicyclic) bond motifs is 1. The molecule has 5 nitrogen and oxygen atoms in total. The molecule has 5 heteroatoms. The molecule has 0 spiro atoms. The van der Waals surface area contributed by atoms with Gasteiger partial charge in [-0.3, -0.25) is 9.59 Å². The molecule has 2 amide bonds. The largest absolute Gasteiger partial charge is 0.506 e. The van der Waals surface area contributed by atoms with Gasteiger partial charge in [-0.25, -0.2) is 0 Å². The first-order valence-electron chi connectivity index (χ1n) is 7.43. The lowest BCUT2D eigenvalue weighted by Crippen LogP contribution is -2.38. The van der Waals surface area contributed by atoms with E-state index in [-0.39, 0.29) is 23.8 Å². The van der Waals surface area contributed by atoms with Gasteiger partial charge in [0.15, 0.2) is 0 Å². The first kappa shape index (κ1) is 14.4. The Bertz CT molecular complexity index is 721. The summed E-state index contributed by atoms with van der Waals surface area (Å²) in [6.45, 7) is 1.48. The molecule has 2 aromatic rings. The third-order valence-corrected chi connectivity index (χ3v) is 4.00. The molecule has 0 bridgehead atoms. The van der Waals surface area contributed by atoms with Crippen LogP contribution in [0.2, 0.25) is 0 Å². The van der Waals surface area contributed by atoms with Crippen LogP contribution in [0.5, 0.6) is 5.75 Å². The molecule has 114 valence electrons. The van der Waals surface area contributed by atoms with Gasteiger partial charge >= 0.3 is 0 Å². The number of phenols is 1. The number of nitrogens with one attached hydrogen (secondary N) is 1. The van der Waals surface area contributed by atoms with Crippen LogP contribution in [0, 0.1) is 0 Å². The molecular weight excluding hydrogens is 280 g/mol. The average molecular weight is 298 g/mol. The van der Waals surface area contributed by atoms with Crippen molar-refractivity contribution in [1.82, 2.24) is 10.2 Å². The van der Waals surface area contributed by atoms with E-state index in [4.69, 9.17) is 0 Å². The minimum absolute atomic E-state index is 0.0366. The number of benzene rings is 2. The number of phenolic OH excluding ortho intramolecular Hbond substituents is 1. The maximum Gasteiger partial charge on any atom is 0.255 e. The zero-order valence-electron chi connectivity index (χ0n) is 12.2. The maximum atomic E-state index is 12.2. The van der Waals surface area contributed by atoms with E-state index in [0.717, 1.165) is 31.3 Å². The van der Waals surface area contributed by atoms with Crippen molar-refractivity contribution < 1.29 is 14.7 Å². The van der Waals surface area contributed by atoms with Crippen LogP contribution in [-0.4, -0.2) is 41.5 Å². The van der Waals surface area contributed by atoms with Gasteiger partial charge in [0.25, 0.3) is 5.91 Å². The number of carbonyl (C=O) groups is 2. The van der Waals surface area contributed by atoms with E-state index in [9.17, 15) is 14.7 Å². The summed E-state index contributed by atoms with van der Waals surface area (Å²) in [6.07, 6.45) is 2.04. The van der Waals surface area contributed by atoms with Crippen LogP contribution >= 0.6 is 0 Å². The number of nitrogens with zero attached hydrogens (tertiary/aromatic N) is 1. The van der Waals surface area contributed by atoms with E-state index in [0.29, 0.717) is 5.39 Å². The van der Waals surface area contributed by atoms with Crippen molar-refractivity contribution in [3.8, 4) is 5.75 Å². The zero-order chi connectivity index (χ0) is 15.5. The fourth-order valence-corrected chi connectivity index (χ4v) is 2.77. The van der Waals surface area contributed by atoms with Gasteiger partial charge in [0.1, 0.15) is 5.75 Å². The highest BCUT2D eigenvalue weighted by molar-refractivity contribution is 6.04. The number of aromatic hydroxyl groups is 1. The van der Waals surface area contributed by atoms with Gasteiger partial charge in [0, 0.05) is 18.5 Å². The Hall–Kier alpha value is -2.56. The number of carbonyl (C=O) groups excluding carboxylic acids is 2. The van der Waals surface area contributed by atoms with Gasteiger partial charge in [-0.15, -0.1) is 0 Å². The standard InChI is InChI=1S/C17H18N2O3/c20-15(19-9-3-4-10-19)11-18-17(22)14-8-7-12-5-1-2-6-13(12)16(14)21/h1-2,5-8,21H,3-4,9-11H2,(H,18,22). The Labute approximate surface area is 128 Å². The maximum absolute atomic E-state index is 12.2. The minimum atomic E-state index is -0.434. The first-order chi connectivity index (χ1) is 10.7. The highest BCUT2D eigenvalue weighted by Gasteiger charge is 2.19. The van der Waals surface area contributed by atoms with Gasteiger partial charge in [-0.2, -0.15) is 0 Å². The summed E-state index contributed by atoms with van der Waals surface area (Å²) in [5, 5.41) is 14.3. The van der Waals surface area contributed by atoms with Crippen molar-refractivity contribution in [3.63, 3.8) is 0 Å². The average Bonchev–Trinajstić information content (AvgIpc) is 3.07. The molecule has 0 radical (unpaired) electrons. The van der Waals surface area contributed by atoms with Gasteiger partial charge < -0.3 is 15.3 Å². The molecule has 0 atom stereocenters. The van der Waals surface area contributed by atoms with Crippen molar-refractivity contribution in [3.05, 3.63) is 42.0 Å². The second-order valence-electron chi connectivity index (χ2n) is 5.45. The lowest BCUT2D eigenvalue weighted by molar-refractivity contribution is -0.129. The third kappa shape index (κ3) is 2.74. The van der Waals surface area contributed by atoms with E-state index in [2.05, 4.69) is 5.32 Å². The zero-order valence-corrected chi connectivity index (χ0v) is 12.2. The molecule has 1 fully saturated rings. The van der Waals surface area contributed by atoms with Crippen molar-refractivity contribution in [2.75, 3.05) is 19.6 Å². The van der Waals surface area contributed by atoms with Crippen LogP contribution in [0.3, 0.4) is 0 Å². The lowest BCUT2D eigenvalue weighted by Gasteiger charge is -2.15. The van der Waals surface area contributed by atoms with Crippen molar-refractivity contribution in [2.45, 2.75) is 12.8 Å². The van der Waals surface area contributed by atoms with Crippen LogP contribution in [-0.2, 0) is 4.79 Å². The Kier molecular flexibility index (Phi) is 3.96. The molecule has 2 aromatic carbocycles. The first-order valence-corrected chi connectivity index (χ1v) is 7.43. The fraction of sp³-hybridized carbons (Fsp3) is 0.294. The van der Waals surface area contributed by atoms with Gasteiger partial charge in [-0.1, -0.05) is 30.3 Å². The summed E-state index contributed by atoms with van der Waals surface area (Å²) in [5.41, 5.74) is 0.188. The molecule has 2 N–H and O–H groups in total. The number of rotatable bonds is 3. The predicted octanol–water partition coefficient (Wildman–Crippen LogP) is 1.90. The molecule has 1 aliphatic rings. The second-order valence-corrected chi connectivity index (χ2v) is 5.45. The molecule has 3 rings (SSSR count). The number of likely N-dealkylation sites (tertiary alicyclic amines) is 1. The summed E-state index contributed by atoms with van der Waals surface area (Å²) in [7, 11) is 0. The Morgan fingerprint density at radius 1 is 1.09 bits per heavy atom. The van der Waals surface area contributed by atoms with Crippen LogP contribution in [0.1, 0.15) is 23.2 Å². The molecule has 0 unspecified atom stereocenters. The summed E-state index contributed by atoms with van der Waals surface area (Å²) in [4.78, 5) is 25.9. The Morgan fingerprint density at radius 3 is 2.59 bits per heavy atom. The molecule has 1 aliphatic heterocycles. The van der Waals surface area contributed by atoms with Gasteiger partial charge in [0.05, 0.1) is 12.1 Å². The molecule has 22 heavy (non-hydrogen) atoms. The van der Waals surface area contributed by atoms with Gasteiger partial charge in [0.2, 0.25) is 5.91 Å². The molecule has 0 saturated carbocycles. The molecule has 1 saturated heterocycles. The van der Waals surface area contributed by atoms with E-state index >= 15 is 0 Å². The van der Waals surface area contributed by atoms with Crippen LogP contribution < -0.4 is 5.32 Å². The van der Waals surface area contributed by atoms with Crippen LogP contribution in [0.25, 0.3) is 10.8 Å². The highest BCUT2D eigenvalue weighted by Crippen LogP contribution is 2.28. The van der Waals surface area contributed by atoms with Crippen LogP contribution in [0.15, 0.2) is 36.4 Å². The lowest BCUT2D eigenvalue weighted by atomic mass is 10.0. The van der Waals surface area contributed by atoms with E-state index < -0.39 is 5.91 Å². The summed E-state index contributed by atoms with van der Waals surface area (Å²) >= 11 is 0. The Morgan fingerprint density at radius 2 is 1.82 bits per heavy atom. The third-order valence-electron chi connectivity index (χ3n) is 4.00. The predicted molar refractivity (Wildman–Crippen MR) is 83.8 cm³/mol. The molecule has 1 heterocycles. The number of hydrogen-bond acceptors (Lipinski definition) is 3. The summed E-state index contributed by atoms with van der Waals surface area (Å²) < 4.78 is 0. The van der Waals surface area contributed by atoms with E-state index in [1.54, 1.807) is 29.2 Å². The Balaban J connectivity index is 1.72. The number of hydrogen-bond donors (Lipinski definition) is 2. The number of amides is 2. The van der Waals surface area contributed by atoms with Crippen LogP contribution in [0.4, 0.5) is 0 Å². The van der Waals surface area contributed by atoms with Crippen molar-refractivity contribution in [1.29, 1.82) is 0 Å². The quantitative estimate of drug-likeness (QED) is 0.909. The summed E-state index contributed by atoms with van der Waals surface area (Å²) in [5.74, 6) is -0.564. The SMILES string of the molecule is O=C(NCC(=O)N1CCCC1)c1ccc2ccccc2c1O. The molecular formula is C17H18N2O3. The van der Waals surface area contributed by atoms with E-state index in [1.807, 2.05) is 12.1 Å². The fourth-order valence-electron chi connectivity index (χ4n) is 2.77.